The summed E-state index contributed by atoms with van der Waals surface area (Å²) in [5.74, 6) is 1.36. The number of carbonyl (C=O) groups is 1. The number of benzene rings is 1. The van der Waals surface area contributed by atoms with Gasteiger partial charge in [0.2, 0.25) is 0 Å². The third-order valence-corrected chi connectivity index (χ3v) is 4.66. The molecule has 25 heavy (non-hydrogen) atoms. The van der Waals surface area contributed by atoms with E-state index in [1.165, 1.54) is 0 Å². The van der Waals surface area contributed by atoms with E-state index in [4.69, 9.17) is 10.5 Å². The van der Waals surface area contributed by atoms with Crippen LogP contribution in [0.1, 0.15) is 30.3 Å². The van der Waals surface area contributed by atoms with Crippen LogP contribution in [0.5, 0.6) is 5.75 Å². The Balaban J connectivity index is 0.00000225. The molecule has 1 aliphatic rings. The van der Waals surface area contributed by atoms with Crippen LogP contribution in [0.15, 0.2) is 36.5 Å². The smallest absolute Gasteiger partial charge is 0.274 e. The van der Waals surface area contributed by atoms with Gasteiger partial charge in [0.05, 0.1) is 12.8 Å². The normalized spacial score (nSPS) is 20.0. The number of aromatic nitrogens is 2. The first-order valence-corrected chi connectivity index (χ1v) is 8.33. The zero-order chi connectivity index (χ0) is 17.1. The molecule has 0 bridgehead atoms. The molecule has 0 aliphatic carbocycles. The van der Waals surface area contributed by atoms with E-state index in [0.29, 0.717) is 18.2 Å². The standard InChI is InChI=1S/C18H24N4O2.ClH/c1-13-7-9-21(15(11-13)12-19)18(23)17-8-10-22(20-17)14-3-5-16(24-2)6-4-14;/h3-6,8,10,13,15H,7,9,11-12,19H2,1-2H3;1H. The van der Waals surface area contributed by atoms with E-state index < -0.39 is 0 Å². The number of ether oxygens (including phenoxy) is 1. The van der Waals surface area contributed by atoms with Gasteiger partial charge in [-0.1, -0.05) is 6.92 Å². The lowest BCUT2D eigenvalue weighted by Crippen LogP contribution is -2.49. The summed E-state index contributed by atoms with van der Waals surface area (Å²) in [6, 6.07) is 9.42. The fraction of sp³-hybridized carbons (Fsp3) is 0.444. The van der Waals surface area contributed by atoms with Crippen molar-refractivity contribution in [3.63, 3.8) is 0 Å². The van der Waals surface area contributed by atoms with Gasteiger partial charge in [0.25, 0.3) is 5.91 Å². The number of methoxy groups -OCH3 is 1. The van der Waals surface area contributed by atoms with Crippen LogP contribution in [0.4, 0.5) is 0 Å². The monoisotopic (exact) mass is 364 g/mol. The highest BCUT2D eigenvalue weighted by molar-refractivity contribution is 5.92. The third kappa shape index (κ3) is 4.14. The van der Waals surface area contributed by atoms with Crippen LogP contribution < -0.4 is 10.5 Å². The van der Waals surface area contributed by atoms with E-state index in [-0.39, 0.29) is 24.4 Å². The first-order chi connectivity index (χ1) is 11.6. The van der Waals surface area contributed by atoms with Crippen molar-refractivity contribution in [3.05, 3.63) is 42.2 Å². The summed E-state index contributed by atoms with van der Waals surface area (Å²) in [5, 5.41) is 4.44. The predicted molar refractivity (Wildman–Crippen MR) is 99.6 cm³/mol. The molecule has 2 aromatic rings. The van der Waals surface area contributed by atoms with Crippen molar-refractivity contribution in [2.45, 2.75) is 25.8 Å². The first kappa shape index (κ1) is 19.3. The van der Waals surface area contributed by atoms with Crippen LogP contribution in [-0.2, 0) is 0 Å². The maximum absolute atomic E-state index is 12.8. The Morgan fingerprint density at radius 3 is 2.68 bits per heavy atom. The van der Waals surface area contributed by atoms with Gasteiger partial charge in [0.1, 0.15) is 5.75 Å². The summed E-state index contributed by atoms with van der Waals surface area (Å²) in [6.45, 7) is 3.45. The van der Waals surface area contributed by atoms with Crippen molar-refractivity contribution >= 4 is 18.3 Å². The van der Waals surface area contributed by atoms with Crippen molar-refractivity contribution in [2.75, 3.05) is 20.2 Å². The lowest BCUT2D eigenvalue weighted by molar-refractivity contribution is 0.0567. The second-order valence-electron chi connectivity index (χ2n) is 6.36. The molecular weight excluding hydrogens is 340 g/mol. The predicted octanol–water partition coefficient (Wildman–Crippen LogP) is 2.50. The molecule has 1 fully saturated rings. The average Bonchev–Trinajstić information content (AvgIpc) is 3.11. The van der Waals surface area contributed by atoms with Gasteiger partial charge in [-0.05, 0) is 49.1 Å². The molecule has 136 valence electrons. The molecule has 2 heterocycles. The SMILES string of the molecule is COc1ccc(-n2ccc(C(=O)N3CCC(C)CC3CN)n2)cc1.Cl. The zero-order valence-electron chi connectivity index (χ0n) is 14.6. The average molecular weight is 365 g/mol. The largest absolute Gasteiger partial charge is 0.497 e. The molecular formula is C18H25ClN4O2. The highest BCUT2D eigenvalue weighted by Gasteiger charge is 2.30. The number of nitrogens with two attached hydrogens (primary N) is 1. The number of rotatable bonds is 4. The van der Waals surface area contributed by atoms with E-state index >= 15 is 0 Å². The molecule has 1 aromatic heterocycles. The number of hydrogen-bond acceptors (Lipinski definition) is 4. The molecule has 0 spiro atoms. The van der Waals surface area contributed by atoms with Gasteiger partial charge in [-0.3, -0.25) is 4.79 Å². The van der Waals surface area contributed by atoms with Crippen molar-refractivity contribution < 1.29 is 9.53 Å². The van der Waals surface area contributed by atoms with Crippen molar-refractivity contribution in [2.24, 2.45) is 11.7 Å². The van der Waals surface area contributed by atoms with Crippen LogP contribution in [0.3, 0.4) is 0 Å². The van der Waals surface area contributed by atoms with Crippen LogP contribution in [0, 0.1) is 5.92 Å². The Bertz CT molecular complexity index is 701. The van der Waals surface area contributed by atoms with E-state index in [1.54, 1.807) is 24.1 Å². The minimum absolute atomic E-state index is 0. The Labute approximate surface area is 154 Å². The fourth-order valence-electron chi connectivity index (χ4n) is 3.21. The van der Waals surface area contributed by atoms with Crippen molar-refractivity contribution in [3.8, 4) is 11.4 Å². The van der Waals surface area contributed by atoms with Crippen LogP contribution in [0.2, 0.25) is 0 Å². The zero-order valence-corrected chi connectivity index (χ0v) is 15.4. The summed E-state index contributed by atoms with van der Waals surface area (Å²) in [4.78, 5) is 14.7. The molecule has 0 saturated carbocycles. The summed E-state index contributed by atoms with van der Waals surface area (Å²) in [6.07, 6.45) is 3.78. The van der Waals surface area contributed by atoms with Gasteiger partial charge in [0, 0.05) is 25.3 Å². The molecule has 1 amide bonds. The Kier molecular flexibility index (Phi) is 6.45. The van der Waals surface area contributed by atoms with Gasteiger partial charge in [0.15, 0.2) is 5.69 Å². The van der Waals surface area contributed by atoms with Crippen molar-refractivity contribution in [1.29, 1.82) is 0 Å². The number of likely N-dealkylation sites (tertiary alicyclic amines) is 1. The number of nitrogens with zero attached hydrogens (tertiary/aromatic N) is 3. The van der Waals surface area contributed by atoms with E-state index in [1.807, 2.05) is 29.2 Å². The van der Waals surface area contributed by atoms with Gasteiger partial charge in [-0.2, -0.15) is 5.10 Å². The number of halogens is 1. The molecule has 1 aliphatic heterocycles. The third-order valence-electron chi connectivity index (χ3n) is 4.66. The minimum atomic E-state index is -0.0374. The maximum atomic E-state index is 12.8. The minimum Gasteiger partial charge on any atom is -0.497 e. The van der Waals surface area contributed by atoms with E-state index in [9.17, 15) is 4.79 Å². The number of hydrogen-bond donors (Lipinski definition) is 1. The number of piperidine rings is 1. The maximum Gasteiger partial charge on any atom is 0.274 e. The molecule has 1 aromatic carbocycles. The van der Waals surface area contributed by atoms with Gasteiger partial charge in [-0.25, -0.2) is 4.68 Å². The topological polar surface area (TPSA) is 73.4 Å². The fourth-order valence-corrected chi connectivity index (χ4v) is 3.21. The van der Waals surface area contributed by atoms with Gasteiger partial charge >= 0.3 is 0 Å². The summed E-state index contributed by atoms with van der Waals surface area (Å²) >= 11 is 0. The lowest BCUT2D eigenvalue weighted by Gasteiger charge is -2.37. The quantitative estimate of drug-likeness (QED) is 0.904. The summed E-state index contributed by atoms with van der Waals surface area (Å²) in [5.41, 5.74) is 7.21. The molecule has 2 unspecified atom stereocenters. The number of amides is 1. The second-order valence-corrected chi connectivity index (χ2v) is 6.36. The first-order valence-electron chi connectivity index (χ1n) is 8.33. The second kappa shape index (κ2) is 8.36. The van der Waals surface area contributed by atoms with Crippen LogP contribution in [0.25, 0.3) is 5.69 Å². The van der Waals surface area contributed by atoms with Gasteiger partial charge in [-0.15, -0.1) is 12.4 Å². The lowest BCUT2D eigenvalue weighted by atomic mass is 9.92. The molecule has 0 radical (unpaired) electrons. The molecule has 2 atom stereocenters. The Hall–Kier alpha value is -2.05. The number of carbonyl (C=O) groups excluding carboxylic acids is 1. The molecule has 3 rings (SSSR count). The molecule has 7 heteroatoms. The highest BCUT2D eigenvalue weighted by Crippen LogP contribution is 2.23. The molecule has 6 nitrogen and oxygen atoms in total. The molecule has 2 N–H and O–H groups in total. The summed E-state index contributed by atoms with van der Waals surface area (Å²) in [7, 11) is 1.63. The van der Waals surface area contributed by atoms with Crippen LogP contribution >= 0.6 is 12.4 Å². The van der Waals surface area contributed by atoms with Gasteiger partial charge < -0.3 is 15.4 Å². The summed E-state index contributed by atoms with van der Waals surface area (Å²) < 4.78 is 6.86. The van der Waals surface area contributed by atoms with E-state index in [0.717, 1.165) is 30.8 Å². The van der Waals surface area contributed by atoms with Crippen molar-refractivity contribution in [1.82, 2.24) is 14.7 Å². The Morgan fingerprint density at radius 2 is 2.04 bits per heavy atom. The highest BCUT2D eigenvalue weighted by atomic mass is 35.5. The Morgan fingerprint density at radius 1 is 1.32 bits per heavy atom. The van der Waals surface area contributed by atoms with E-state index in [2.05, 4.69) is 12.0 Å². The molecule has 1 saturated heterocycles. The van der Waals surface area contributed by atoms with Crippen LogP contribution in [-0.4, -0.2) is 46.8 Å².